The van der Waals surface area contributed by atoms with Gasteiger partial charge in [0.25, 0.3) is 0 Å². The third-order valence-electron chi connectivity index (χ3n) is 3.33. The van der Waals surface area contributed by atoms with E-state index >= 15 is 0 Å². The van der Waals surface area contributed by atoms with Crippen LogP contribution in [0.3, 0.4) is 0 Å². The lowest BCUT2D eigenvalue weighted by Crippen LogP contribution is -1.81. The number of hydrogen-bond donors (Lipinski definition) is 0. The van der Waals surface area contributed by atoms with Crippen molar-refractivity contribution in [3.05, 3.63) is 48.0 Å². The van der Waals surface area contributed by atoms with Crippen LogP contribution in [0.1, 0.15) is 63.9 Å². The second kappa shape index (κ2) is 11.1. The second-order valence-electron chi connectivity index (χ2n) is 5.05. The van der Waals surface area contributed by atoms with Gasteiger partial charge in [-0.05, 0) is 31.2 Å². The van der Waals surface area contributed by atoms with E-state index in [0.717, 1.165) is 0 Å². The molecule has 0 N–H and O–H groups in total. The summed E-state index contributed by atoms with van der Waals surface area (Å²) in [6.45, 7) is 2.27. The summed E-state index contributed by atoms with van der Waals surface area (Å²) in [6.07, 6.45) is 16.7. The summed E-state index contributed by atoms with van der Waals surface area (Å²) in [6, 6.07) is 10.7. The molecule has 0 heteroatoms. The molecule has 0 radical (unpaired) electrons. The van der Waals surface area contributed by atoms with Crippen LogP contribution in [0.4, 0.5) is 0 Å². The van der Waals surface area contributed by atoms with Crippen LogP contribution < -0.4 is 0 Å². The molecule has 1 aromatic carbocycles. The monoisotopic (exact) mass is 244 g/mol. The molecule has 0 saturated carbocycles. The Morgan fingerprint density at radius 1 is 0.778 bits per heavy atom. The molecule has 0 atom stereocenters. The molecule has 0 saturated heterocycles. The van der Waals surface area contributed by atoms with Gasteiger partial charge in [-0.3, -0.25) is 0 Å². The molecule has 100 valence electrons. The van der Waals surface area contributed by atoms with Crippen molar-refractivity contribution in [2.45, 2.75) is 64.7 Å². The highest BCUT2D eigenvalue weighted by Gasteiger charge is 1.89. The summed E-state index contributed by atoms with van der Waals surface area (Å²) in [5, 5.41) is 0. The topological polar surface area (TPSA) is 0 Å². The van der Waals surface area contributed by atoms with E-state index in [1.54, 1.807) is 0 Å². The SMILES string of the molecule is CCCCCCCC/C=C\CCc1ccccc1. The number of aryl methyl sites for hydroxylation is 1. The smallest absolute Gasteiger partial charge is 0.0244 e. The molecule has 0 aliphatic carbocycles. The normalized spacial score (nSPS) is 11.2. The van der Waals surface area contributed by atoms with Crippen molar-refractivity contribution in [2.24, 2.45) is 0 Å². The van der Waals surface area contributed by atoms with E-state index in [4.69, 9.17) is 0 Å². The minimum Gasteiger partial charge on any atom is -0.0885 e. The van der Waals surface area contributed by atoms with Crippen LogP contribution in [0.25, 0.3) is 0 Å². The molecular weight excluding hydrogens is 216 g/mol. The first-order chi connectivity index (χ1) is 8.93. The van der Waals surface area contributed by atoms with Gasteiger partial charge in [-0.25, -0.2) is 0 Å². The first-order valence-corrected chi connectivity index (χ1v) is 7.62. The van der Waals surface area contributed by atoms with Crippen molar-refractivity contribution in [1.82, 2.24) is 0 Å². The highest BCUT2D eigenvalue weighted by molar-refractivity contribution is 5.15. The molecular formula is C18H28. The maximum Gasteiger partial charge on any atom is -0.0244 e. The maximum absolute atomic E-state index is 2.36. The molecule has 0 nitrogen and oxygen atoms in total. The Hall–Kier alpha value is -1.04. The molecule has 0 aliphatic rings. The van der Waals surface area contributed by atoms with Gasteiger partial charge in [0.05, 0.1) is 0 Å². The maximum atomic E-state index is 2.36. The molecule has 0 bridgehead atoms. The van der Waals surface area contributed by atoms with Gasteiger partial charge in [0, 0.05) is 0 Å². The van der Waals surface area contributed by atoms with Gasteiger partial charge in [0.2, 0.25) is 0 Å². The van der Waals surface area contributed by atoms with Crippen molar-refractivity contribution in [2.75, 3.05) is 0 Å². The van der Waals surface area contributed by atoms with Crippen molar-refractivity contribution in [3.63, 3.8) is 0 Å². The molecule has 0 fully saturated rings. The first kappa shape index (κ1) is 15.0. The van der Waals surface area contributed by atoms with Gasteiger partial charge in [-0.15, -0.1) is 0 Å². The van der Waals surface area contributed by atoms with Crippen LogP contribution in [0.2, 0.25) is 0 Å². The quantitative estimate of drug-likeness (QED) is 0.353. The Morgan fingerprint density at radius 3 is 2.22 bits per heavy atom. The molecule has 1 rings (SSSR count). The average Bonchev–Trinajstić information content (AvgIpc) is 2.42. The highest BCUT2D eigenvalue weighted by Crippen LogP contribution is 2.08. The minimum absolute atomic E-state index is 1.17. The molecule has 0 aliphatic heterocycles. The van der Waals surface area contributed by atoms with Crippen molar-refractivity contribution in [1.29, 1.82) is 0 Å². The molecule has 18 heavy (non-hydrogen) atoms. The standard InChI is InChI=1S/C18H28/c1-2-3-4-5-6-7-8-9-10-12-15-18-16-13-11-14-17-18/h9-11,13-14,16-17H,2-8,12,15H2,1H3/b10-9-. The fourth-order valence-electron chi connectivity index (χ4n) is 2.17. The average molecular weight is 244 g/mol. The van der Waals surface area contributed by atoms with Crippen LogP contribution in [0.5, 0.6) is 0 Å². The van der Waals surface area contributed by atoms with Crippen LogP contribution in [0, 0.1) is 0 Å². The predicted molar refractivity (Wildman–Crippen MR) is 81.9 cm³/mol. The first-order valence-electron chi connectivity index (χ1n) is 7.62. The Balaban J connectivity index is 1.92. The zero-order chi connectivity index (χ0) is 12.9. The van der Waals surface area contributed by atoms with Gasteiger partial charge in [-0.2, -0.15) is 0 Å². The lowest BCUT2D eigenvalue weighted by molar-refractivity contribution is 0.611. The van der Waals surface area contributed by atoms with E-state index in [9.17, 15) is 0 Å². The number of hydrogen-bond acceptors (Lipinski definition) is 0. The Kier molecular flexibility index (Phi) is 9.24. The van der Waals surface area contributed by atoms with Gasteiger partial charge in [0.15, 0.2) is 0 Å². The van der Waals surface area contributed by atoms with Crippen LogP contribution >= 0.6 is 0 Å². The summed E-state index contributed by atoms with van der Waals surface area (Å²) in [4.78, 5) is 0. The summed E-state index contributed by atoms with van der Waals surface area (Å²) in [5.74, 6) is 0. The van der Waals surface area contributed by atoms with E-state index in [1.807, 2.05) is 0 Å². The number of allylic oxidation sites excluding steroid dienone is 2. The summed E-state index contributed by atoms with van der Waals surface area (Å²) in [7, 11) is 0. The lowest BCUT2D eigenvalue weighted by Gasteiger charge is -1.98. The van der Waals surface area contributed by atoms with Crippen molar-refractivity contribution < 1.29 is 0 Å². The lowest BCUT2D eigenvalue weighted by atomic mass is 10.1. The number of unbranched alkanes of at least 4 members (excludes halogenated alkanes) is 6. The van der Waals surface area contributed by atoms with Crippen LogP contribution in [-0.2, 0) is 6.42 Å². The third kappa shape index (κ3) is 8.11. The van der Waals surface area contributed by atoms with E-state index < -0.39 is 0 Å². The largest absolute Gasteiger partial charge is 0.0885 e. The number of benzene rings is 1. The molecule has 0 amide bonds. The Bertz CT molecular complexity index is 297. The fourth-order valence-corrected chi connectivity index (χ4v) is 2.17. The van der Waals surface area contributed by atoms with Crippen LogP contribution in [0.15, 0.2) is 42.5 Å². The zero-order valence-electron chi connectivity index (χ0n) is 11.9. The molecule has 0 aromatic heterocycles. The zero-order valence-corrected chi connectivity index (χ0v) is 11.9. The fraction of sp³-hybridized carbons (Fsp3) is 0.556. The van der Waals surface area contributed by atoms with Gasteiger partial charge in [-0.1, -0.05) is 81.5 Å². The Labute approximate surface area is 113 Å². The molecule has 1 aromatic rings. The summed E-state index contributed by atoms with van der Waals surface area (Å²) >= 11 is 0. The van der Waals surface area contributed by atoms with Crippen LogP contribution in [-0.4, -0.2) is 0 Å². The third-order valence-corrected chi connectivity index (χ3v) is 3.33. The molecule has 0 heterocycles. The van der Waals surface area contributed by atoms with Gasteiger partial charge < -0.3 is 0 Å². The van der Waals surface area contributed by atoms with E-state index in [0.29, 0.717) is 0 Å². The predicted octanol–water partition coefficient (Wildman–Crippen LogP) is 5.93. The molecule has 0 unspecified atom stereocenters. The summed E-state index contributed by atoms with van der Waals surface area (Å²) in [5.41, 5.74) is 1.45. The molecule has 0 spiro atoms. The van der Waals surface area contributed by atoms with Crippen molar-refractivity contribution >= 4 is 0 Å². The highest BCUT2D eigenvalue weighted by atomic mass is 14.0. The van der Waals surface area contributed by atoms with E-state index in [2.05, 4.69) is 49.4 Å². The van der Waals surface area contributed by atoms with Gasteiger partial charge >= 0.3 is 0 Å². The van der Waals surface area contributed by atoms with E-state index in [1.165, 1.54) is 63.4 Å². The minimum atomic E-state index is 1.17. The summed E-state index contributed by atoms with van der Waals surface area (Å²) < 4.78 is 0. The second-order valence-corrected chi connectivity index (χ2v) is 5.05. The Morgan fingerprint density at radius 2 is 1.44 bits per heavy atom. The van der Waals surface area contributed by atoms with E-state index in [-0.39, 0.29) is 0 Å². The number of rotatable bonds is 10. The van der Waals surface area contributed by atoms with Gasteiger partial charge in [0.1, 0.15) is 0 Å². The van der Waals surface area contributed by atoms with Crippen molar-refractivity contribution in [3.8, 4) is 0 Å².